The van der Waals surface area contributed by atoms with Gasteiger partial charge in [-0.2, -0.15) is 5.21 Å². The van der Waals surface area contributed by atoms with Gasteiger partial charge in [-0.25, -0.2) is 0 Å². The number of hydrogen-bond donors (Lipinski definition) is 2. The Balaban J connectivity index is 1.71. The Kier molecular flexibility index (Phi) is 2.83. The molecule has 5 nitrogen and oxygen atoms in total. The second kappa shape index (κ2) is 4.63. The minimum Gasteiger partial charge on any atom is -0.314 e. The van der Waals surface area contributed by atoms with Crippen LogP contribution >= 0.6 is 0 Å². The number of H-pyrrole nitrogens is 1. The molecule has 1 atom stereocenters. The van der Waals surface area contributed by atoms with Crippen molar-refractivity contribution in [3.05, 3.63) is 29.8 Å². The molecule has 1 aromatic carbocycles. The highest BCUT2D eigenvalue weighted by atomic mass is 15.5. The fraction of sp³-hybridized carbons (Fsp3) is 0.417. The van der Waals surface area contributed by atoms with Crippen LogP contribution in [-0.2, 0) is 6.42 Å². The fourth-order valence-corrected chi connectivity index (χ4v) is 2.29. The normalized spacial score (nSPS) is 19.6. The van der Waals surface area contributed by atoms with Gasteiger partial charge in [-0.3, -0.25) is 0 Å². The van der Waals surface area contributed by atoms with Crippen LogP contribution in [0, 0.1) is 0 Å². The van der Waals surface area contributed by atoms with E-state index in [0.29, 0.717) is 11.9 Å². The molecule has 1 aliphatic heterocycles. The smallest absolute Gasteiger partial charge is 0.204 e. The lowest BCUT2D eigenvalue weighted by Crippen LogP contribution is -2.23. The van der Waals surface area contributed by atoms with Crippen LogP contribution in [0.5, 0.6) is 0 Å². The Labute approximate surface area is 99.6 Å². The Morgan fingerprint density at radius 2 is 2.12 bits per heavy atom. The number of hydrogen-bond acceptors (Lipinski definition) is 4. The van der Waals surface area contributed by atoms with E-state index in [0.717, 1.165) is 18.5 Å². The molecule has 0 saturated carbocycles. The van der Waals surface area contributed by atoms with E-state index in [1.54, 1.807) is 0 Å². The van der Waals surface area contributed by atoms with Crippen LogP contribution in [0.1, 0.15) is 18.4 Å². The zero-order valence-corrected chi connectivity index (χ0v) is 9.56. The van der Waals surface area contributed by atoms with Crippen molar-refractivity contribution in [1.82, 2.24) is 25.9 Å². The molecule has 3 rings (SSSR count). The molecule has 1 unspecified atom stereocenters. The second-order valence-corrected chi connectivity index (χ2v) is 4.43. The number of nitrogens with one attached hydrogen (secondary N) is 2. The molecule has 2 aromatic rings. The molecule has 0 amide bonds. The first-order valence-electron chi connectivity index (χ1n) is 5.98. The molecule has 1 fully saturated rings. The van der Waals surface area contributed by atoms with Crippen LogP contribution < -0.4 is 5.32 Å². The highest BCUT2D eigenvalue weighted by Crippen LogP contribution is 2.17. The Hall–Kier alpha value is -1.75. The summed E-state index contributed by atoms with van der Waals surface area (Å²) >= 11 is 0. The Bertz CT molecular complexity index is 456. The van der Waals surface area contributed by atoms with Crippen LogP contribution in [0.3, 0.4) is 0 Å². The minimum atomic E-state index is 0.644. The van der Waals surface area contributed by atoms with E-state index in [-0.39, 0.29) is 0 Å². The van der Waals surface area contributed by atoms with Crippen molar-refractivity contribution < 1.29 is 0 Å². The summed E-state index contributed by atoms with van der Waals surface area (Å²) in [6.07, 6.45) is 3.69. The average molecular weight is 229 g/mol. The van der Waals surface area contributed by atoms with E-state index in [9.17, 15) is 0 Å². The van der Waals surface area contributed by atoms with Crippen LogP contribution in [0.15, 0.2) is 24.3 Å². The van der Waals surface area contributed by atoms with Crippen molar-refractivity contribution in [2.45, 2.75) is 25.3 Å². The molecule has 0 radical (unpaired) electrons. The third-order valence-electron chi connectivity index (χ3n) is 3.20. The van der Waals surface area contributed by atoms with Crippen molar-refractivity contribution >= 4 is 0 Å². The summed E-state index contributed by atoms with van der Waals surface area (Å²) in [5.41, 5.74) is 2.36. The zero-order valence-electron chi connectivity index (χ0n) is 9.56. The lowest BCUT2D eigenvalue weighted by atomic mass is 10.0. The summed E-state index contributed by atoms with van der Waals surface area (Å²) in [5.74, 6) is 0.649. The zero-order chi connectivity index (χ0) is 11.5. The van der Waals surface area contributed by atoms with Gasteiger partial charge in [0.05, 0.1) is 0 Å². The summed E-state index contributed by atoms with van der Waals surface area (Å²) in [6, 6.07) is 9.04. The van der Waals surface area contributed by atoms with E-state index >= 15 is 0 Å². The van der Waals surface area contributed by atoms with E-state index in [2.05, 4.69) is 50.2 Å². The van der Waals surface area contributed by atoms with Crippen molar-refractivity contribution in [2.75, 3.05) is 6.54 Å². The van der Waals surface area contributed by atoms with Crippen LogP contribution in [-0.4, -0.2) is 33.2 Å². The first kappa shape index (κ1) is 10.4. The van der Waals surface area contributed by atoms with Crippen LogP contribution in [0.2, 0.25) is 0 Å². The predicted octanol–water partition coefficient (Wildman–Crippen LogP) is 1.16. The lowest BCUT2D eigenvalue weighted by molar-refractivity contribution is 0.603. The molecule has 5 heteroatoms. The highest BCUT2D eigenvalue weighted by Gasteiger charge is 2.14. The van der Waals surface area contributed by atoms with Gasteiger partial charge in [0.1, 0.15) is 0 Å². The maximum absolute atomic E-state index is 3.96. The van der Waals surface area contributed by atoms with Gasteiger partial charge in [0.15, 0.2) is 0 Å². The largest absolute Gasteiger partial charge is 0.314 e. The number of benzene rings is 1. The summed E-state index contributed by atoms with van der Waals surface area (Å²) in [4.78, 5) is 0. The second-order valence-electron chi connectivity index (χ2n) is 4.43. The van der Waals surface area contributed by atoms with Gasteiger partial charge in [0.25, 0.3) is 0 Å². The van der Waals surface area contributed by atoms with Gasteiger partial charge in [-0.1, -0.05) is 24.3 Å². The summed E-state index contributed by atoms with van der Waals surface area (Å²) in [5, 5.41) is 17.4. The van der Waals surface area contributed by atoms with Gasteiger partial charge in [0.2, 0.25) is 5.82 Å². The summed E-state index contributed by atoms with van der Waals surface area (Å²) < 4.78 is 0. The molecule has 2 N–H and O–H groups in total. The van der Waals surface area contributed by atoms with E-state index in [1.165, 1.54) is 18.4 Å². The third kappa shape index (κ3) is 2.34. The number of aromatic amines is 1. The van der Waals surface area contributed by atoms with Gasteiger partial charge in [-0.05, 0) is 36.6 Å². The van der Waals surface area contributed by atoms with E-state index in [1.807, 2.05) is 0 Å². The molecular formula is C12H15N5. The molecule has 2 heterocycles. The number of aromatic nitrogens is 4. The number of rotatable bonds is 3. The molecule has 0 bridgehead atoms. The van der Waals surface area contributed by atoms with Gasteiger partial charge in [-0.15, -0.1) is 10.2 Å². The van der Waals surface area contributed by atoms with E-state index < -0.39 is 0 Å². The minimum absolute atomic E-state index is 0.644. The SMILES string of the molecule is c1cc(-c2nn[nH]n2)ccc1CC1CCCN1. The maximum atomic E-state index is 3.96. The molecule has 1 aromatic heterocycles. The average Bonchev–Trinajstić information content (AvgIpc) is 3.01. The Morgan fingerprint density at radius 3 is 2.76 bits per heavy atom. The fourth-order valence-electron chi connectivity index (χ4n) is 2.29. The highest BCUT2D eigenvalue weighted by molar-refractivity contribution is 5.54. The standard InChI is InChI=1S/C12H15N5/c1-2-11(13-7-1)8-9-3-5-10(6-4-9)12-14-16-17-15-12/h3-6,11,13H,1-2,7-8H2,(H,14,15,16,17). The van der Waals surface area contributed by atoms with Crippen molar-refractivity contribution in [1.29, 1.82) is 0 Å². The first-order valence-corrected chi connectivity index (χ1v) is 5.98. The molecule has 0 aliphatic carbocycles. The molecule has 17 heavy (non-hydrogen) atoms. The quantitative estimate of drug-likeness (QED) is 0.829. The monoisotopic (exact) mass is 229 g/mol. The topological polar surface area (TPSA) is 66.5 Å². The molecule has 88 valence electrons. The van der Waals surface area contributed by atoms with Crippen molar-refractivity contribution in [2.24, 2.45) is 0 Å². The number of nitrogens with zero attached hydrogens (tertiary/aromatic N) is 3. The Morgan fingerprint density at radius 1 is 1.24 bits per heavy atom. The van der Waals surface area contributed by atoms with E-state index in [4.69, 9.17) is 0 Å². The van der Waals surface area contributed by atoms with Gasteiger partial charge >= 0.3 is 0 Å². The van der Waals surface area contributed by atoms with Crippen LogP contribution in [0.25, 0.3) is 11.4 Å². The van der Waals surface area contributed by atoms with Crippen molar-refractivity contribution in [3.63, 3.8) is 0 Å². The first-order chi connectivity index (χ1) is 8.42. The van der Waals surface area contributed by atoms with Crippen LogP contribution in [0.4, 0.5) is 0 Å². The summed E-state index contributed by atoms with van der Waals surface area (Å²) in [7, 11) is 0. The molecular weight excluding hydrogens is 214 g/mol. The molecule has 0 spiro atoms. The lowest BCUT2D eigenvalue weighted by Gasteiger charge is -2.09. The molecule has 1 aliphatic rings. The van der Waals surface area contributed by atoms with Gasteiger partial charge in [0, 0.05) is 11.6 Å². The van der Waals surface area contributed by atoms with Gasteiger partial charge < -0.3 is 5.32 Å². The van der Waals surface area contributed by atoms with Crippen molar-refractivity contribution in [3.8, 4) is 11.4 Å². The molecule has 1 saturated heterocycles. The number of tetrazole rings is 1. The maximum Gasteiger partial charge on any atom is 0.204 e. The third-order valence-corrected chi connectivity index (χ3v) is 3.20. The predicted molar refractivity (Wildman–Crippen MR) is 64.3 cm³/mol. The summed E-state index contributed by atoms with van der Waals surface area (Å²) in [6.45, 7) is 1.16.